The molecule has 0 bridgehead atoms. The van der Waals surface area contributed by atoms with E-state index < -0.39 is 43.0 Å². The van der Waals surface area contributed by atoms with E-state index in [0.29, 0.717) is 6.42 Å². The third kappa shape index (κ3) is 10.7. The van der Waals surface area contributed by atoms with Crippen LogP contribution in [0.2, 0.25) is 0 Å². The zero-order chi connectivity index (χ0) is 22.6. The average Bonchev–Trinajstić information content (AvgIpc) is 2.61. The van der Waals surface area contributed by atoms with Gasteiger partial charge in [-0.15, -0.1) is 0 Å². The zero-order valence-electron chi connectivity index (χ0n) is 16.3. The van der Waals surface area contributed by atoms with Gasteiger partial charge < -0.3 is 9.47 Å². The molecule has 0 heterocycles. The fraction of sp³-hybridized carbons (Fsp3) is 0.889. The van der Waals surface area contributed by atoms with Crippen LogP contribution in [0, 0.1) is 0 Å². The summed E-state index contributed by atoms with van der Waals surface area (Å²) in [6.45, 7) is -0.0995. The molecule has 0 aliphatic carbocycles. The van der Waals surface area contributed by atoms with Gasteiger partial charge in [-0.05, 0) is 12.8 Å². The van der Waals surface area contributed by atoms with Gasteiger partial charge in [0, 0.05) is 12.8 Å². The first-order chi connectivity index (χ1) is 13.3. The van der Waals surface area contributed by atoms with E-state index in [1.165, 1.54) is 6.42 Å². The van der Waals surface area contributed by atoms with E-state index in [-0.39, 0.29) is 19.4 Å². The molecular weight excluding hydrogens is 413 g/mol. The van der Waals surface area contributed by atoms with Gasteiger partial charge >= 0.3 is 30.0 Å². The van der Waals surface area contributed by atoms with Crippen molar-refractivity contribution in [3.05, 3.63) is 0 Å². The highest BCUT2D eigenvalue weighted by molar-refractivity contribution is 5.72. The molecule has 29 heavy (non-hydrogen) atoms. The summed E-state index contributed by atoms with van der Waals surface area (Å²) < 4.78 is 95.8. The fourth-order valence-corrected chi connectivity index (χ4v) is 2.24. The Hall–Kier alpha value is -1.55. The van der Waals surface area contributed by atoms with Crippen molar-refractivity contribution in [2.45, 2.75) is 89.2 Å². The molecule has 0 radical (unpaired) electrons. The van der Waals surface area contributed by atoms with E-state index in [9.17, 15) is 40.3 Å². The number of rotatable bonds is 15. The van der Waals surface area contributed by atoms with Crippen molar-refractivity contribution in [2.24, 2.45) is 0 Å². The third-order valence-corrected chi connectivity index (χ3v) is 4.00. The number of carbonyl (C=O) groups excluding carboxylic acids is 2. The number of hydrogen-bond acceptors (Lipinski definition) is 4. The lowest BCUT2D eigenvalue weighted by Gasteiger charge is -2.27. The molecule has 0 amide bonds. The molecule has 0 unspecified atom stereocenters. The molecule has 0 aliphatic heterocycles. The van der Waals surface area contributed by atoms with E-state index in [4.69, 9.17) is 4.74 Å². The maximum absolute atomic E-state index is 13.0. The quantitative estimate of drug-likeness (QED) is 0.183. The van der Waals surface area contributed by atoms with Crippen LogP contribution in [0.5, 0.6) is 0 Å². The van der Waals surface area contributed by atoms with Crippen LogP contribution in [0.15, 0.2) is 0 Å². The largest absolute Gasteiger partial charge is 0.466 e. The van der Waals surface area contributed by atoms with Gasteiger partial charge in [0.2, 0.25) is 0 Å². The molecular formula is C18H27F7O4. The second-order valence-corrected chi connectivity index (χ2v) is 6.63. The minimum atomic E-state index is -6.48. The predicted molar refractivity (Wildman–Crippen MR) is 89.7 cm³/mol. The fourth-order valence-electron chi connectivity index (χ4n) is 2.24. The van der Waals surface area contributed by atoms with Crippen LogP contribution in [0.1, 0.15) is 71.1 Å². The number of ether oxygens (including phenoxy) is 2. The molecule has 0 saturated heterocycles. The van der Waals surface area contributed by atoms with Crippen molar-refractivity contribution in [3.63, 3.8) is 0 Å². The van der Waals surface area contributed by atoms with Gasteiger partial charge in [0.25, 0.3) is 0 Å². The van der Waals surface area contributed by atoms with E-state index in [0.717, 1.165) is 32.1 Å². The highest BCUT2D eigenvalue weighted by Gasteiger charge is 2.73. The van der Waals surface area contributed by atoms with E-state index >= 15 is 0 Å². The highest BCUT2D eigenvalue weighted by atomic mass is 19.4. The normalized spacial score (nSPS) is 12.7. The third-order valence-electron chi connectivity index (χ3n) is 4.00. The second kappa shape index (κ2) is 12.9. The Morgan fingerprint density at radius 1 is 0.690 bits per heavy atom. The van der Waals surface area contributed by atoms with Crippen molar-refractivity contribution in [3.8, 4) is 0 Å². The predicted octanol–water partition coefficient (Wildman–Crippen LogP) is 5.83. The Balaban J connectivity index is 3.92. The van der Waals surface area contributed by atoms with E-state index in [2.05, 4.69) is 11.7 Å². The van der Waals surface area contributed by atoms with Crippen molar-refractivity contribution in [1.82, 2.24) is 0 Å². The first-order valence-electron chi connectivity index (χ1n) is 9.48. The first kappa shape index (κ1) is 27.5. The number of unbranched alkanes of at least 4 members (excludes halogenated alkanes) is 6. The Bertz CT molecular complexity index is 493. The molecule has 11 heteroatoms. The molecule has 0 spiro atoms. The number of carbonyl (C=O) groups is 2. The molecule has 0 aromatic rings. The van der Waals surface area contributed by atoms with Gasteiger partial charge in [-0.3, -0.25) is 9.59 Å². The van der Waals surface area contributed by atoms with Gasteiger partial charge in [-0.1, -0.05) is 45.4 Å². The van der Waals surface area contributed by atoms with Crippen LogP contribution in [0.25, 0.3) is 0 Å². The van der Waals surface area contributed by atoms with Crippen LogP contribution < -0.4 is 0 Å². The molecule has 0 N–H and O–H groups in total. The number of hydrogen-bond donors (Lipinski definition) is 0. The van der Waals surface area contributed by atoms with Gasteiger partial charge in [0.05, 0.1) is 6.61 Å². The van der Waals surface area contributed by atoms with Crippen LogP contribution in [-0.4, -0.2) is 43.2 Å². The van der Waals surface area contributed by atoms with Gasteiger partial charge in [-0.2, -0.15) is 30.7 Å². The summed E-state index contributed by atoms with van der Waals surface area (Å²) in [7, 11) is 0. The smallest absolute Gasteiger partial charge is 0.460 e. The van der Waals surface area contributed by atoms with E-state index in [1.807, 2.05) is 0 Å². The van der Waals surface area contributed by atoms with Crippen LogP contribution in [0.3, 0.4) is 0 Å². The molecule has 0 saturated carbocycles. The average molecular weight is 440 g/mol. The van der Waals surface area contributed by atoms with Crippen molar-refractivity contribution >= 4 is 11.9 Å². The maximum Gasteiger partial charge on any atom is 0.460 e. The summed E-state index contributed by atoms with van der Waals surface area (Å²) in [5, 5.41) is 0. The van der Waals surface area contributed by atoms with Crippen molar-refractivity contribution < 1.29 is 49.8 Å². The number of esters is 2. The van der Waals surface area contributed by atoms with Crippen LogP contribution >= 0.6 is 0 Å². The standard InChI is InChI=1S/C18H27F7O4/c1-2-3-4-5-6-7-8-12-28-14(26)10-9-11-15(27)29-13-16(19,20)17(21,22)18(23,24)25/h2-13H2,1H3. The number of alkyl halides is 7. The summed E-state index contributed by atoms with van der Waals surface area (Å²) in [4.78, 5) is 22.7. The first-order valence-corrected chi connectivity index (χ1v) is 9.48. The molecule has 0 aliphatic rings. The summed E-state index contributed by atoms with van der Waals surface area (Å²) in [6, 6.07) is 0. The minimum Gasteiger partial charge on any atom is -0.466 e. The van der Waals surface area contributed by atoms with E-state index in [1.54, 1.807) is 0 Å². The monoisotopic (exact) mass is 440 g/mol. The molecule has 0 fully saturated rings. The lowest BCUT2D eigenvalue weighted by atomic mass is 10.1. The van der Waals surface area contributed by atoms with Crippen molar-refractivity contribution in [1.29, 1.82) is 0 Å². The molecule has 0 atom stereocenters. The molecule has 172 valence electrons. The Morgan fingerprint density at radius 2 is 1.17 bits per heavy atom. The topological polar surface area (TPSA) is 52.6 Å². The van der Waals surface area contributed by atoms with Crippen molar-refractivity contribution in [2.75, 3.05) is 13.2 Å². The molecule has 0 aromatic carbocycles. The summed E-state index contributed by atoms with van der Waals surface area (Å²) >= 11 is 0. The Labute approximate surface area is 165 Å². The lowest BCUT2D eigenvalue weighted by molar-refractivity contribution is -0.359. The SMILES string of the molecule is CCCCCCCCCOC(=O)CCCC(=O)OCC(F)(F)C(F)(F)C(F)(F)F. The van der Waals surface area contributed by atoms with Crippen LogP contribution in [-0.2, 0) is 19.1 Å². The maximum atomic E-state index is 13.0. The highest BCUT2D eigenvalue weighted by Crippen LogP contribution is 2.46. The molecule has 0 aromatic heterocycles. The van der Waals surface area contributed by atoms with Gasteiger partial charge in [-0.25, -0.2) is 0 Å². The summed E-state index contributed by atoms with van der Waals surface area (Å²) in [5.41, 5.74) is 0. The summed E-state index contributed by atoms with van der Waals surface area (Å²) in [6.07, 6.45) is -0.277. The zero-order valence-corrected chi connectivity index (χ0v) is 16.3. The molecule has 0 rings (SSSR count). The second-order valence-electron chi connectivity index (χ2n) is 6.63. The lowest BCUT2D eigenvalue weighted by Crippen LogP contribution is -2.54. The van der Waals surface area contributed by atoms with Crippen LogP contribution in [0.4, 0.5) is 30.7 Å². The summed E-state index contributed by atoms with van der Waals surface area (Å²) in [5.74, 6) is -14.0. The number of halogens is 7. The molecule has 4 nitrogen and oxygen atoms in total. The minimum absolute atomic E-state index is 0.171. The Morgan fingerprint density at radius 3 is 1.69 bits per heavy atom. The van der Waals surface area contributed by atoms with Gasteiger partial charge in [0.1, 0.15) is 0 Å². The Kier molecular flexibility index (Phi) is 12.2. The van der Waals surface area contributed by atoms with Gasteiger partial charge in [0.15, 0.2) is 6.61 Å².